The van der Waals surface area contributed by atoms with Gasteiger partial charge in [0, 0.05) is 0 Å². The summed E-state index contributed by atoms with van der Waals surface area (Å²) in [5, 5.41) is 0. The molecule has 2 heteroatoms. The molecule has 0 aromatic carbocycles. The molecule has 0 saturated heterocycles. The van der Waals surface area contributed by atoms with Gasteiger partial charge in [-0.25, -0.2) is 0 Å². The van der Waals surface area contributed by atoms with E-state index < -0.39 is 0 Å². The van der Waals surface area contributed by atoms with E-state index in [1.807, 2.05) is 0 Å². The predicted octanol–water partition coefficient (Wildman–Crippen LogP) is 9.20. The van der Waals surface area contributed by atoms with Crippen LogP contribution in [-0.4, -0.2) is 3.23 Å². The maximum Gasteiger partial charge on any atom is 0.0808 e. The molecule has 0 aliphatic rings. The van der Waals surface area contributed by atoms with Crippen molar-refractivity contribution in [3.05, 3.63) is 6.42 Å². The van der Waals surface area contributed by atoms with Crippen LogP contribution in [0.15, 0.2) is 0 Å². The van der Waals surface area contributed by atoms with Crippen molar-refractivity contribution in [1.82, 2.24) is 0 Å². The molecule has 0 aliphatic carbocycles. The summed E-state index contributed by atoms with van der Waals surface area (Å²) in [6.45, 7) is 6.93. The summed E-state index contributed by atoms with van der Waals surface area (Å²) in [5.41, 5.74) is 0. The molecule has 1 radical (unpaired) electrons. The summed E-state index contributed by atoms with van der Waals surface area (Å²) in [7, 11) is 0. The van der Waals surface area contributed by atoms with Gasteiger partial charge in [0.15, 0.2) is 0 Å². The van der Waals surface area contributed by atoms with Crippen molar-refractivity contribution < 1.29 is 0 Å². The minimum absolute atomic E-state index is 0.139. The zero-order chi connectivity index (χ0) is 17.4. The third kappa shape index (κ3) is 17.6. The highest BCUT2D eigenvalue weighted by molar-refractivity contribution is 9.25. The van der Waals surface area contributed by atoms with Gasteiger partial charge in [0.05, 0.1) is 3.23 Å². The molecule has 0 amide bonds. The van der Waals surface area contributed by atoms with Gasteiger partial charge in [-0.1, -0.05) is 136 Å². The molecule has 0 N–H and O–H groups in total. The molecule has 0 rings (SSSR count). The first-order chi connectivity index (χ1) is 11.0. The molecule has 0 saturated carbocycles. The van der Waals surface area contributed by atoms with Crippen molar-refractivity contribution in [3.63, 3.8) is 0 Å². The van der Waals surface area contributed by atoms with Gasteiger partial charge in [-0.15, -0.1) is 0 Å². The quantitative estimate of drug-likeness (QED) is 0.152. The fraction of sp³-hybridized carbons (Fsp3) is 0.952. The normalized spacial score (nSPS) is 13.4. The van der Waals surface area contributed by atoms with Crippen LogP contribution in [0.2, 0.25) is 0 Å². The molecule has 0 aromatic rings. The fourth-order valence-corrected chi connectivity index (χ4v) is 3.94. The van der Waals surface area contributed by atoms with Crippen molar-refractivity contribution in [2.24, 2.45) is 5.92 Å². The lowest BCUT2D eigenvalue weighted by molar-refractivity contribution is 0.513. The lowest BCUT2D eigenvalue weighted by atomic mass is 9.96. The number of hydrogen-bond donors (Lipinski definition) is 0. The predicted molar refractivity (Wildman–Crippen MR) is 115 cm³/mol. The molecule has 0 fully saturated rings. The molecule has 0 heterocycles. The second kappa shape index (κ2) is 16.4. The Kier molecular flexibility index (Phi) is 17.1. The second-order valence-electron chi connectivity index (χ2n) is 7.35. The van der Waals surface area contributed by atoms with Gasteiger partial charge in [0.1, 0.15) is 0 Å². The minimum Gasteiger partial charge on any atom is -0.0727 e. The Morgan fingerprint density at radius 3 is 1.78 bits per heavy atom. The van der Waals surface area contributed by atoms with Gasteiger partial charge in [-0.3, -0.25) is 0 Å². The smallest absolute Gasteiger partial charge is 0.0727 e. The highest BCUT2D eigenvalue weighted by Gasteiger charge is 2.22. The van der Waals surface area contributed by atoms with Gasteiger partial charge >= 0.3 is 0 Å². The zero-order valence-electron chi connectivity index (χ0n) is 16.0. The van der Waals surface area contributed by atoms with E-state index in [0.29, 0.717) is 0 Å². The number of halogens is 2. The number of alkyl halides is 2. The highest BCUT2D eigenvalue weighted by atomic mass is 79.9. The van der Waals surface area contributed by atoms with E-state index in [1.54, 1.807) is 0 Å². The monoisotopic (exact) mass is 451 g/mol. The maximum atomic E-state index is 3.89. The average molecular weight is 453 g/mol. The van der Waals surface area contributed by atoms with E-state index in [1.165, 1.54) is 89.9 Å². The van der Waals surface area contributed by atoms with Gasteiger partial charge < -0.3 is 0 Å². The fourth-order valence-electron chi connectivity index (χ4n) is 3.00. The Bertz CT molecular complexity index is 238. The van der Waals surface area contributed by atoms with E-state index in [9.17, 15) is 0 Å². The Labute approximate surface area is 164 Å². The molecule has 0 spiro atoms. The largest absolute Gasteiger partial charge is 0.0808 e. The zero-order valence-corrected chi connectivity index (χ0v) is 19.2. The van der Waals surface area contributed by atoms with Crippen molar-refractivity contribution in [2.75, 3.05) is 0 Å². The van der Waals surface area contributed by atoms with Crippen molar-refractivity contribution >= 4 is 31.9 Å². The Morgan fingerprint density at radius 2 is 1.22 bits per heavy atom. The summed E-state index contributed by atoms with van der Waals surface area (Å²) < 4.78 is 0.139. The van der Waals surface area contributed by atoms with Crippen LogP contribution in [-0.2, 0) is 0 Å². The summed E-state index contributed by atoms with van der Waals surface area (Å²) in [4.78, 5) is 0. The lowest BCUT2D eigenvalue weighted by Gasteiger charge is -2.22. The summed E-state index contributed by atoms with van der Waals surface area (Å²) in [6, 6.07) is 0. The minimum atomic E-state index is 0.139. The van der Waals surface area contributed by atoms with Gasteiger partial charge in [0.2, 0.25) is 0 Å². The van der Waals surface area contributed by atoms with Crippen LogP contribution in [0.1, 0.15) is 117 Å². The Balaban J connectivity index is 3.49. The third-order valence-electron chi connectivity index (χ3n) is 4.73. The van der Waals surface area contributed by atoms with Crippen LogP contribution in [0.5, 0.6) is 0 Å². The van der Waals surface area contributed by atoms with E-state index in [0.717, 1.165) is 12.3 Å². The van der Waals surface area contributed by atoms with Crippen LogP contribution in [0.4, 0.5) is 0 Å². The van der Waals surface area contributed by atoms with E-state index >= 15 is 0 Å². The first kappa shape index (κ1) is 24.0. The number of hydrogen-bond acceptors (Lipinski definition) is 0. The van der Waals surface area contributed by atoms with Gasteiger partial charge in [0.25, 0.3) is 0 Å². The lowest BCUT2D eigenvalue weighted by Crippen LogP contribution is -2.13. The van der Waals surface area contributed by atoms with Crippen molar-refractivity contribution in [1.29, 1.82) is 0 Å². The first-order valence-electron chi connectivity index (χ1n) is 10.2. The number of rotatable bonds is 17. The van der Waals surface area contributed by atoms with E-state index in [4.69, 9.17) is 0 Å². The molecular weight excluding hydrogens is 412 g/mol. The SMILES string of the molecule is CCCCCCCCCCCC(Br)(Br)C[CH]C(C)CCCCC. The molecule has 1 unspecified atom stereocenters. The number of unbranched alkanes of at least 4 members (excludes halogenated alkanes) is 10. The molecule has 1 atom stereocenters. The van der Waals surface area contributed by atoms with E-state index in [-0.39, 0.29) is 3.23 Å². The average Bonchev–Trinajstić information content (AvgIpc) is 2.52. The van der Waals surface area contributed by atoms with Crippen LogP contribution in [0.25, 0.3) is 0 Å². The standard InChI is InChI=1S/C21H41Br2/c1-4-6-8-9-10-11-12-13-15-18-21(22,23)19-17-20(3)16-14-7-5-2/h17,20H,4-16,18-19H2,1-3H3. The second-order valence-corrected chi connectivity index (χ2v) is 11.4. The highest BCUT2D eigenvalue weighted by Crippen LogP contribution is 2.38. The van der Waals surface area contributed by atoms with Crippen LogP contribution >= 0.6 is 31.9 Å². The van der Waals surface area contributed by atoms with Gasteiger partial charge in [-0.2, -0.15) is 0 Å². The van der Waals surface area contributed by atoms with Crippen molar-refractivity contribution in [3.8, 4) is 0 Å². The third-order valence-corrected chi connectivity index (χ3v) is 6.17. The molecule has 0 nitrogen and oxygen atoms in total. The Hall–Kier alpha value is 0.960. The van der Waals surface area contributed by atoms with Crippen molar-refractivity contribution in [2.45, 2.75) is 120 Å². The summed E-state index contributed by atoms with van der Waals surface area (Å²) in [6.07, 6.45) is 23.0. The molecule has 0 bridgehead atoms. The van der Waals surface area contributed by atoms with Gasteiger partial charge in [-0.05, 0) is 25.2 Å². The van der Waals surface area contributed by atoms with Crippen LogP contribution < -0.4 is 0 Å². The molecule has 0 aliphatic heterocycles. The molecular formula is C21H41Br2. The maximum absolute atomic E-state index is 3.89. The Morgan fingerprint density at radius 1 is 0.739 bits per heavy atom. The molecule has 0 aromatic heterocycles. The first-order valence-corrected chi connectivity index (χ1v) is 11.8. The molecule has 23 heavy (non-hydrogen) atoms. The summed E-state index contributed by atoms with van der Waals surface area (Å²) in [5.74, 6) is 0.749. The van der Waals surface area contributed by atoms with E-state index in [2.05, 4.69) is 59.1 Å². The summed E-state index contributed by atoms with van der Waals surface area (Å²) >= 11 is 7.78. The van der Waals surface area contributed by atoms with Crippen LogP contribution in [0.3, 0.4) is 0 Å². The molecule has 139 valence electrons. The van der Waals surface area contributed by atoms with Crippen LogP contribution in [0, 0.1) is 12.3 Å². The topological polar surface area (TPSA) is 0 Å².